The summed E-state index contributed by atoms with van der Waals surface area (Å²) in [5, 5.41) is 0. The average Bonchev–Trinajstić information content (AvgIpc) is 2.12. The zero-order valence-electron chi connectivity index (χ0n) is 7.96. The summed E-state index contributed by atoms with van der Waals surface area (Å²) in [5.41, 5.74) is 0. The van der Waals surface area contributed by atoms with Crippen molar-refractivity contribution in [2.75, 3.05) is 13.7 Å². The topological polar surface area (TPSA) is 31.4 Å². The van der Waals surface area contributed by atoms with E-state index in [2.05, 4.69) is 36.8 Å². The van der Waals surface area contributed by atoms with E-state index in [9.17, 15) is 0 Å². The van der Waals surface area contributed by atoms with Crippen LogP contribution in [0.3, 0.4) is 0 Å². The lowest BCUT2D eigenvalue weighted by atomic mass is 10.4. The third-order valence-electron chi connectivity index (χ3n) is 1.62. The summed E-state index contributed by atoms with van der Waals surface area (Å²) in [5.74, 6) is 0.766. The molecule has 0 aromatic carbocycles. The van der Waals surface area contributed by atoms with Gasteiger partial charge in [0.1, 0.15) is 21.6 Å². The van der Waals surface area contributed by atoms with Crippen LogP contribution in [0.2, 0.25) is 0 Å². The van der Waals surface area contributed by atoms with E-state index < -0.39 is 0 Å². The van der Waals surface area contributed by atoms with Gasteiger partial charge in [-0.15, -0.1) is 0 Å². The Kier molecular flexibility index (Phi) is 4.84. The summed E-state index contributed by atoms with van der Waals surface area (Å²) >= 11 is 6.57. The summed E-state index contributed by atoms with van der Waals surface area (Å²) in [6, 6.07) is 3.63. The maximum Gasteiger partial charge on any atom is 0.124 e. The molecule has 0 amide bonds. The lowest BCUT2D eigenvalue weighted by Gasteiger charge is -2.11. The van der Waals surface area contributed by atoms with E-state index in [1.165, 1.54) is 0 Å². The van der Waals surface area contributed by atoms with Gasteiger partial charge in [-0.3, -0.25) is 0 Å². The molecule has 0 spiro atoms. The lowest BCUT2D eigenvalue weighted by molar-refractivity contribution is 0.0716. The van der Waals surface area contributed by atoms with Crippen molar-refractivity contribution in [2.24, 2.45) is 0 Å². The highest BCUT2D eigenvalue weighted by atomic mass is 79.9. The van der Waals surface area contributed by atoms with Crippen LogP contribution in [0.1, 0.15) is 6.92 Å². The summed E-state index contributed by atoms with van der Waals surface area (Å²) in [7, 11) is 1.66. The van der Waals surface area contributed by atoms with Crippen molar-refractivity contribution in [3.05, 3.63) is 21.3 Å². The van der Waals surface area contributed by atoms with Crippen molar-refractivity contribution in [3.8, 4) is 5.75 Å². The minimum atomic E-state index is 0.0840. The SMILES string of the molecule is COC(C)COc1cc(Br)nc(Br)c1. The molecule has 0 aliphatic carbocycles. The molecule has 0 radical (unpaired) electrons. The van der Waals surface area contributed by atoms with Crippen LogP contribution in [0.4, 0.5) is 0 Å². The van der Waals surface area contributed by atoms with E-state index in [0.717, 1.165) is 15.0 Å². The first kappa shape index (κ1) is 11.9. The molecule has 1 aromatic rings. The molecule has 3 nitrogen and oxygen atoms in total. The van der Waals surface area contributed by atoms with Gasteiger partial charge in [-0.05, 0) is 38.8 Å². The largest absolute Gasteiger partial charge is 0.491 e. The highest BCUT2D eigenvalue weighted by molar-refractivity contribution is 9.11. The highest BCUT2D eigenvalue weighted by Crippen LogP contribution is 2.21. The fourth-order valence-corrected chi connectivity index (χ4v) is 1.88. The zero-order chi connectivity index (χ0) is 10.6. The van der Waals surface area contributed by atoms with E-state index in [1.807, 2.05) is 19.1 Å². The van der Waals surface area contributed by atoms with E-state index in [4.69, 9.17) is 9.47 Å². The van der Waals surface area contributed by atoms with E-state index in [-0.39, 0.29) is 6.10 Å². The minimum Gasteiger partial charge on any atom is -0.491 e. The van der Waals surface area contributed by atoms with Crippen molar-refractivity contribution in [2.45, 2.75) is 13.0 Å². The molecule has 14 heavy (non-hydrogen) atoms. The van der Waals surface area contributed by atoms with Gasteiger partial charge in [0.25, 0.3) is 0 Å². The van der Waals surface area contributed by atoms with Gasteiger partial charge in [-0.1, -0.05) is 0 Å². The summed E-state index contributed by atoms with van der Waals surface area (Å²) < 4.78 is 12.0. The number of pyridine rings is 1. The summed E-state index contributed by atoms with van der Waals surface area (Å²) in [6.07, 6.45) is 0.0840. The number of aromatic nitrogens is 1. The number of hydrogen-bond acceptors (Lipinski definition) is 3. The third kappa shape index (κ3) is 3.94. The van der Waals surface area contributed by atoms with Crippen LogP contribution in [0, 0.1) is 0 Å². The van der Waals surface area contributed by atoms with Crippen LogP contribution in [-0.4, -0.2) is 24.8 Å². The van der Waals surface area contributed by atoms with E-state index in [1.54, 1.807) is 7.11 Å². The second kappa shape index (κ2) is 5.68. The number of nitrogens with zero attached hydrogens (tertiary/aromatic N) is 1. The van der Waals surface area contributed by atoms with Gasteiger partial charge in [0.15, 0.2) is 0 Å². The summed E-state index contributed by atoms with van der Waals surface area (Å²) in [6.45, 7) is 2.48. The molecular formula is C9H11Br2NO2. The number of ether oxygens (including phenoxy) is 2. The van der Waals surface area contributed by atoms with Crippen molar-refractivity contribution in [3.63, 3.8) is 0 Å². The van der Waals surface area contributed by atoms with Crippen molar-refractivity contribution in [1.82, 2.24) is 4.98 Å². The van der Waals surface area contributed by atoms with Crippen molar-refractivity contribution >= 4 is 31.9 Å². The number of halogens is 2. The first-order valence-corrected chi connectivity index (χ1v) is 5.69. The van der Waals surface area contributed by atoms with Crippen molar-refractivity contribution < 1.29 is 9.47 Å². The van der Waals surface area contributed by atoms with Gasteiger partial charge in [0, 0.05) is 19.2 Å². The fraction of sp³-hybridized carbons (Fsp3) is 0.444. The molecule has 1 unspecified atom stereocenters. The maximum atomic E-state index is 5.50. The van der Waals surface area contributed by atoms with Crippen LogP contribution in [0.15, 0.2) is 21.3 Å². The normalized spacial score (nSPS) is 12.6. The number of rotatable bonds is 4. The highest BCUT2D eigenvalue weighted by Gasteiger charge is 2.03. The van der Waals surface area contributed by atoms with Crippen LogP contribution < -0.4 is 4.74 Å². The van der Waals surface area contributed by atoms with Gasteiger partial charge < -0.3 is 9.47 Å². The van der Waals surface area contributed by atoms with Crippen LogP contribution in [0.5, 0.6) is 5.75 Å². The van der Waals surface area contributed by atoms with Gasteiger partial charge in [-0.2, -0.15) is 0 Å². The Bertz CT molecular complexity index is 287. The zero-order valence-corrected chi connectivity index (χ0v) is 11.1. The van der Waals surface area contributed by atoms with E-state index in [0.29, 0.717) is 6.61 Å². The number of hydrogen-bond donors (Lipinski definition) is 0. The smallest absolute Gasteiger partial charge is 0.124 e. The lowest BCUT2D eigenvalue weighted by Crippen LogP contribution is -2.15. The Morgan fingerprint density at radius 1 is 1.36 bits per heavy atom. The Hall–Kier alpha value is -0.130. The molecule has 78 valence electrons. The molecule has 1 atom stereocenters. The Morgan fingerprint density at radius 2 is 1.93 bits per heavy atom. The van der Waals surface area contributed by atoms with Gasteiger partial charge in [-0.25, -0.2) is 4.98 Å². The van der Waals surface area contributed by atoms with Crippen LogP contribution in [0.25, 0.3) is 0 Å². The summed E-state index contributed by atoms with van der Waals surface area (Å²) in [4.78, 5) is 4.10. The van der Waals surface area contributed by atoms with E-state index >= 15 is 0 Å². The standard InChI is InChI=1S/C9H11Br2NO2/c1-6(13-2)5-14-7-3-8(10)12-9(11)4-7/h3-4,6H,5H2,1-2H3. The Balaban J connectivity index is 2.58. The van der Waals surface area contributed by atoms with Gasteiger partial charge in [0.05, 0.1) is 6.10 Å². The predicted octanol–water partition coefficient (Wildman–Crippen LogP) is 3.02. The minimum absolute atomic E-state index is 0.0840. The Labute approximate surface area is 100 Å². The Morgan fingerprint density at radius 3 is 2.43 bits per heavy atom. The molecule has 1 rings (SSSR count). The molecule has 0 saturated heterocycles. The molecule has 0 aliphatic heterocycles. The first-order valence-electron chi connectivity index (χ1n) is 4.10. The number of methoxy groups -OCH3 is 1. The quantitative estimate of drug-likeness (QED) is 0.798. The molecule has 0 aliphatic rings. The van der Waals surface area contributed by atoms with Crippen LogP contribution >= 0.6 is 31.9 Å². The van der Waals surface area contributed by atoms with Gasteiger partial charge >= 0.3 is 0 Å². The van der Waals surface area contributed by atoms with Crippen LogP contribution in [-0.2, 0) is 4.74 Å². The molecule has 1 aromatic heterocycles. The second-order valence-electron chi connectivity index (χ2n) is 2.81. The monoisotopic (exact) mass is 323 g/mol. The van der Waals surface area contributed by atoms with Crippen molar-refractivity contribution in [1.29, 1.82) is 0 Å². The maximum absolute atomic E-state index is 5.50. The molecule has 0 N–H and O–H groups in total. The van der Waals surface area contributed by atoms with Gasteiger partial charge in [0.2, 0.25) is 0 Å². The molecule has 0 fully saturated rings. The molecule has 1 heterocycles. The molecule has 0 saturated carbocycles. The first-order chi connectivity index (χ1) is 6.61. The second-order valence-corrected chi connectivity index (χ2v) is 4.43. The molecule has 0 bridgehead atoms. The fourth-order valence-electron chi connectivity index (χ4n) is 0.808. The molecular weight excluding hydrogens is 314 g/mol. The molecule has 5 heteroatoms. The average molecular weight is 325 g/mol. The predicted molar refractivity (Wildman–Crippen MR) is 61.6 cm³/mol. The third-order valence-corrected chi connectivity index (χ3v) is 2.44.